The molecule has 7 heteroatoms. The lowest BCUT2D eigenvalue weighted by atomic mass is 9.80. The first-order chi connectivity index (χ1) is 12.5. The van der Waals surface area contributed by atoms with Crippen molar-refractivity contribution in [3.63, 3.8) is 0 Å². The first-order valence-electron chi connectivity index (χ1n) is 9.13. The number of hydrogen-bond acceptors (Lipinski definition) is 5. The van der Waals surface area contributed by atoms with Gasteiger partial charge in [-0.15, -0.1) is 0 Å². The molecule has 1 aromatic rings. The summed E-state index contributed by atoms with van der Waals surface area (Å²) in [7, 11) is 0. The zero-order valence-electron chi connectivity index (χ0n) is 14.9. The number of ether oxygens (including phenoxy) is 1. The summed E-state index contributed by atoms with van der Waals surface area (Å²) < 4.78 is 5.34. The van der Waals surface area contributed by atoms with Crippen LogP contribution in [0.1, 0.15) is 62.8 Å². The van der Waals surface area contributed by atoms with Gasteiger partial charge in [0.2, 0.25) is 5.88 Å². The Hall–Kier alpha value is -1.92. The lowest BCUT2D eigenvalue weighted by molar-refractivity contribution is -0.133. The monoisotopic (exact) mass is 381 g/mol. The Morgan fingerprint density at radius 3 is 2.27 bits per heavy atom. The van der Waals surface area contributed by atoms with Crippen molar-refractivity contribution in [3.05, 3.63) is 46.4 Å². The van der Waals surface area contributed by atoms with E-state index in [0.29, 0.717) is 0 Å². The molecule has 0 amide bonds. The molecule has 144 valence electrons. The zero-order chi connectivity index (χ0) is 18.9. The molecule has 26 heavy (non-hydrogen) atoms. The molecule has 0 aliphatic heterocycles. The van der Waals surface area contributed by atoms with Crippen LogP contribution in [0.25, 0.3) is 0 Å². The number of halogens is 1. The summed E-state index contributed by atoms with van der Waals surface area (Å²) in [5.74, 6) is 4.43. The molecule has 6 N–H and O–H groups in total. The van der Waals surface area contributed by atoms with E-state index in [-0.39, 0.29) is 17.7 Å². The van der Waals surface area contributed by atoms with E-state index in [1.165, 1.54) is 31.2 Å². The van der Waals surface area contributed by atoms with Gasteiger partial charge in [-0.2, -0.15) is 0 Å². The van der Waals surface area contributed by atoms with Crippen LogP contribution in [0.2, 0.25) is 5.02 Å². The Balaban J connectivity index is 0.000000195. The van der Waals surface area contributed by atoms with E-state index in [4.69, 9.17) is 33.0 Å². The Morgan fingerprint density at radius 2 is 1.77 bits per heavy atom. The average molecular weight is 382 g/mol. The van der Waals surface area contributed by atoms with Crippen LogP contribution < -0.4 is 17.0 Å². The number of carbonyl (C=O) groups is 1. The minimum absolute atomic E-state index is 0.0152. The van der Waals surface area contributed by atoms with Crippen LogP contribution in [0.5, 0.6) is 0 Å². The van der Waals surface area contributed by atoms with Gasteiger partial charge in [-0.25, -0.2) is 4.79 Å². The number of benzene rings is 1. The normalized spacial score (nSPS) is 18.7. The number of carboxylic acid groups (broad SMARTS) is 1. The van der Waals surface area contributed by atoms with Gasteiger partial charge in [0, 0.05) is 5.02 Å². The zero-order valence-corrected chi connectivity index (χ0v) is 15.7. The standard InChI is InChI=1S/C10H11Cl.C9H17N3O3/c11-10-7-2-1-6-9(10)8-4-3-5-8;10-8(7(12-11)9(13)14)15-6-4-2-1-3-5-6/h1-2,6-8H,3-5H2;6,12H,1-5,10-11H2,(H,13,14)/b;8-7+. The molecule has 2 fully saturated rings. The molecule has 2 aliphatic carbocycles. The third kappa shape index (κ3) is 5.81. The molecule has 2 saturated carbocycles. The summed E-state index contributed by atoms with van der Waals surface area (Å²) in [6.45, 7) is 0. The average Bonchev–Trinajstić information content (AvgIpc) is 2.57. The maximum Gasteiger partial charge on any atom is 0.358 e. The topological polar surface area (TPSA) is 111 Å². The van der Waals surface area contributed by atoms with Gasteiger partial charge < -0.3 is 21.0 Å². The highest BCUT2D eigenvalue weighted by Gasteiger charge is 2.21. The molecule has 0 unspecified atom stereocenters. The number of rotatable bonds is 5. The molecule has 0 saturated heterocycles. The molecule has 0 radical (unpaired) electrons. The fraction of sp³-hybridized carbons (Fsp3) is 0.526. The number of aliphatic carboxylic acids is 1. The first kappa shape index (κ1) is 20.4. The van der Waals surface area contributed by atoms with Crippen molar-refractivity contribution in [1.82, 2.24) is 5.43 Å². The van der Waals surface area contributed by atoms with E-state index < -0.39 is 5.97 Å². The highest BCUT2D eigenvalue weighted by atomic mass is 35.5. The Bertz CT molecular complexity index is 626. The van der Waals surface area contributed by atoms with E-state index >= 15 is 0 Å². The SMILES string of the molecule is Clc1ccccc1C1CCC1.NN/C(C(=O)O)=C(\N)OC1CCCCC1. The summed E-state index contributed by atoms with van der Waals surface area (Å²) >= 11 is 6.03. The maximum absolute atomic E-state index is 10.7. The summed E-state index contributed by atoms with van der Waals surface area (Å²) in [5, 5.41) is 9.65. The van der Waals surface area contributed by atoms with Crippen molar-refractivity contribution >= 4 is 17.6 Å². The number of hydrogen-bond donors (Lipinski definition) is 4. The van der Waals surface area contributed by atoms with E-state index in [1.54, 1.807) is 0 Å². The molecular weight excluding hydrogens is 354 g/mol. The second-order valence-electron chi connectivity index (χ2n) is 6.72. The molecule has 1 aromatic carbocycles. The molecular formula is C19H28ClN3O3. The van der Waals surface area contributed by atoms with Crippen molar-refractivity contribution in [1.29, 1.82) is 0 Å². The van der Waals surface area contributed by atoms with Gasteiger partial charge in [0.1, 0.15) is 6.10 Å². The van der Waals surface area contributed by atoms with Crippen LogP contribution in [0, 0.1) is 0 Å². The minimum Gasteiger partial charge on any atom is -0.476 e. The van der Waals surface area contributed by atoms with Crippen molar-refractivity contribution in [2.24, 2.45) is 11.6 Å². The van der Waals surface area contributed by atoms with E-state index in [1.807, 2.05) is 17.6 Å². The van der Waals surface area contributed by atoms with Gasteiger partial charge in [-0.1, -0.05) is 42.6 Å². The molecule has 2 aliphatic rings. The van der Waals surface area contributed by atoms with Crippen LogP contribution in [0.15, 0.2) is 35.8 Å². The summed E-state index contributed by atoms with van der Waals surface area (Å²) in [5.41, 5.74) is 8.57. The van der Waals surface area contributed by atoms with Crippen LogP contribution in [0.3, 0.4) is 0 Å². The quantitative estimate of drug-likeness (QED) is 0.268. The summed E-state index contributed by atoms with van der Waals surface area (Å²) in [4.78, 5) is 10.7. The van der Waals surface area contributed by atoms with Crippen molar-refractivity contribution < 1.29 is 14.6 Å². The van der Waals surface area contributed by atoms with Gasteiger partial charge >= 0.3 is 5.97 Å². The van der Waals surface area contributed by atoms with Crippen LogP contribution in [-0.2, 0) is 9.53 Å². The van der Waals surface area contributed by atoms with Crippen LogP contribution in [0.4, 0.5) is 0 Å². The first-order valence-corrected chi connectivity index (χ1v) is 9.51. The van der Waals surface area contributed by atoms with E-state index in [0.717, 1.165) is 36.6 Å². The predicted octanol–water partition coefficient (Wildman–Crippen LogP) is 3.62. The largest absolute Gasteiger partial charge is 0.476 e. The Kier molecular flexibility index (Phi) is 8.06. The Labute approximate surface area is 159 Å². The molecule has 6 nitrogen and oxygen atoms in total. The van der Waals surface area contributed by atoms with Gasteiger partial charge in [-0.3, -0.25) is 5.84 Å². The fourth-order valence-electron chi connectivity index (χ4n) is 3.19. The van der Waals surface area contributed by atoms with Gasteiger partial charge in [0.25, 0.3) is 0 Å². The summed E-state index contributed by atoms with van der Waals surface area (Å²) in [6.07, 6.45) is 9.25. The number of nitrogens with one attached hydrogen (secondary N) is 1. The molecule has 0 aromatic heterocycles. The van der Waals surface area contributed by atoms with Crippen LogP contribution in [-0.4, -0.2) is 17.2 Å². The number of hydrazine groups is 1. The molecule has 0 atom stereocenters. The van der Waals surface area contributed by atoms with E-state index in [9.17, 15) is 4.79 Å². The number of carboxylic acids is 1. The van der Waals surface area contributed by atoms with Gasteiger partial charge in [0.05, 0.1) is 0 Å². The predicted molar refractivity (Wildman–Crippen MR) is 102 cm³/mol. The Morgan fingerprint density at radius 1 is 1.12 bits per heavy atom. The maximum atomic E-state index is 10.7. The molecule has 0 heterocycles. The third-order valence-corrected chi connectivity index (χ3v) is 5.24. The lowest BCUT2D eigenvalue weighted by Crippen LogP contribution is -2.32. The highest BCUT2D eigenvalue weighted by molar-refractivity contribution is 6.31. The summed E-state index contributed by atoms with van der Waals surface area (Å²) in [6, 6.07) is 8.19. The second kappa shape index (κ2) is 10.3. The van der Waals surface area contributed by atoms with Crippen LogP contribution >= 0.6 is 11.6 Å². The molecule has 0 spiro atoms. The smallest absolute Gasteiger partial charge is 0.358 e. The highest BCUT2D eigenvalue weighted by Crippen LogP contribution is 2.39. The minimum atomic E-state index is -1.22. The van der Waals surface area contributed by atoms with Crippen molar-refractivity contribution in [2.75, 3.05) is 0 Å². The van der Waals surface area contributed by atoms with Gasteiger partial charge in [0.15, 0.2) is 5.70 Å². The fourth-order valence-corrected chi connectivity index (χ4v) is 3.48. The number of nitrogens with two attached hydrogens (primary N) is 2. The van der Waals surface area contributed by atoms with E-state index in [2.05, 4.69) is 12.1 Å². The van der Waals surface area contributed by atoms with Crippen molar-refractivity contribution in [3.8, 4) is 0 Å². The molecule has 0 bridgehead atoms. The third-order valence-electron chi connectivity index (χ3n) is 4.90. The van der Waals surface area contributed by atoms with Crippen molar-refractivity contribution in [2.45, 2.75) is 63.4 Å². The second-order valence-corrected chi connectivity index (χ2v) is 7.12. The lowest BCUT2D eigenvalue weighted by Gasteiger charge is -2.26. The van der Waals surface area contributed by atoms with Gasteiger partial charge in [-0.05, 0) is 56.1 Å². The molecule has 3 rings (SSSR count).